The number of aliphatic hydroxyl groups is 1. The van der Waals surface area contributed by atoms with Crippen LogP contribution in [-0.4, -0.2) is 54.9 Å². The molecule has 0 saturated heterocycles. The van der Waals surface area contributed by atoms with Gasteiger partial charge in [-0.1, -0.05) is 6.92 Å². The second kappa shape index (κ2) is 9.81. The van der Waals surface area contributed by atoms with Gasteiger partial charge in [-0.15, -0.1) is 0 Å². The van der Waals surface area contributed by atoms with Crippen molar-refractivity contribution >= 4 is 11.9 Å². The molecule has 2 atom stereocenters. The largest absolute Gasteiger partial charge is 0.481 e. The number of aliphatic hydroxyl groups excluding tert-OH is 1. The third-order valence-electron chi connectivity index (χ3n) is 2.19. The van der Waals surface area contributed by atoms with Gasteiger partial charge in [0.25, 0.3) is 0 Å². The van der Waals surface area contributed by atoms with Crippen LogP contribution in [0.1, 0.15) is 26.2 Å². The van der Waals surface area contributed by atoms with E-state index in [9.17, 15) is 9.59 Å². The lowest BCUT2D eigenvalue weighted by Crippen LogP contribution is -2.30. The molecular formula is C11H20O7. The fourth-order valence-electron chi connectivity index (χ4n) is 1.09. The summed E-state index contributed by atoms with van der Waals surface area (Å²) in [6, 6.07) is 0. The average molecular weight is 264 g/mol. The van der Waals surface area contributed by atoms with Crippen LogP contribution < -0.4 is 0 Å². The molecule has 0 aromatic heterocycles. The van der Waals surface area contributed by atoms with Crippen molar-refractivity contribution in [3.05, 3.63) is 0 Å². The first-order valence-electron chi connectivity index (χ1n) is 5.70. The Kier molecular flexibility index (Phi) is 9.17. The molecule has 0 amide bonds. The number of ether oxygens (including phenoxy) is 3. The Balaban J connectivity index is 3.91. The highest BCUT2D eigenvalue weighted by Gasteiger charge is 2.16. The number of carbonyl (C=O) groups is 2. The monoisotopic (exact) mass is 264 g/mol. The van der Waals surface area contributed by atoms with Crippen molar-refractivity contribution in [2.75, 3.05) is 20.3 Å². The van der Waals surface area contributed by atoms with Crippen LogP contribution in [0.2, 0.25) is 0 Å². The smallest absolute Gasteiger partial charge is 0.306 e. The Morgan fingerprint density at radius 2 is 1.94 bits per heavy atom. The molecule has 0 aliphatic carbocycles. The zero-order valence-corrected chi connectivity index (χ0v) is 10.6. The van der Waals surface area contributed by atoms with Gasteiger partial charge in [-0.2, -0.15) is 0 Å². The van der Waals surface area contributed by atoms with Gasteiger partial charge < -0.3 is 24.4 Å². The van der Waals surface area contributed by atoms with Crippen LogP contribution in [0.15, 0.2) is 0 Å². The molecule has 0 heterocycles. The molecule has 0 fully saturated rings. The Hall–Kier alpha value is -1.18. The number of esters is 1. The minimum absolute atomic E-state index is 0.133. The highest BCUT2D eigenvalue weighted by atomic mass is 16.7. The lowest BCUT2D eigenvalue weighted by Gasteiger charge is -2.21. The van der Waals surface area contributed by atoms with Crippen LogP contribution in [-0.2, 0) is 23.8 Å². The molecule has 106 valence electrons. The van der Waals surface area contributed by atoms with Crippen molar-refractivity contribution in [1.29, 1.82) is 0 Å². The summed E-state index contributed by atoms with van der Waals surface area (Å²) in [5, 5.41) is 17.3. The summed E-state index contributed by atoms with van der Waals surface area (Å²) < 4.78 is 15.0. The van der Waals surface area contributed by atoms with Gasteiger partial charge in [-0.25, -0.2) is 0 Å². The lowest BCUT2D eigenvalue weighted by molar-refractivity contribution is -0.195. The van der Waals surface area contributed by atoms with Crippen LogP contribution in [0.5, 0.6) is 0 Å². The predicted molar refractivity (Wildman–Crippen MR) is 60.9 cm³/mol. The number of aliphatic carboxylic acids is 1. The van der Waals surface area contributed by atoms with Crippen molar-refractivity contribution in [1.82, 2.24) is 0 Å². The van der Waals surface area contributed by atoms with E-state index in [1.807, 2.05) is 6.92 Å². The summed E-state index contributed by atoms with van der Waals surface area (Å²) in [4.78, 5) is 21.4. The van der Waals surface area contributed by atoms with Crippen molar-refractivity contribution in [3.8, 4) is 0 Å². The standard InChI is InChI=1S/C11H20O7/c1-3-8(6-12)18-11(16-2)7-17-10(15)5-4-9(13)14/h8,11-12H,3-7H2,1-2H3,(H,13,14). The van der Waals surface area contributed by atoms with Gasteiger partial charge in [0, 0.05) is 7.11 Å². The van der Waals surface area contributed by atoms with E-state index in [1.54, 1.807) is 0 Å². The number of carboxylic acids is 1. The molecule has 0 spiro atoms. The van der Waals surface area contributed by atoms with Crippen LogP contribution in [0, 0.1) is 0 Å². The molecule has 0 aromatic rings. The zero-order chi connectivity index (χ0) is 14.0. The first kappa shape index (κ1) is 16.8. The van der Waals surface area contributed by atoms with E-state index in [0.29, 0.717) is 6.42 Å². The Morgan fingerprint density at radius 1 is 1.28 bits per heavy atom. The lowest BCUT2D eigenvalue weighted by atomic mass is 10.3. The minimum atomic E-state index is -1.06. The molecule has 0 aliphatic rings. The second-order valence-corrected chi connectivity index (χ2v) is 3.59. The maximum absolute atomic E-state index is 11.1. The summed E-state index contributed by atoms with van der Waals surface area (Å²) in [5.74, 6) is -1.68. The van der Waals surface area contributed by atoms with Gasteiger partial charge in [0.2, 0.25) is 0 Å². The molecule has 0 saturated carbocycles. The topological polar surface area (TPSA) is 102 Å². The number of hydrogen-bond acceptors (Lipinski definition) is 6. The number of carboxylic acid groups (broad SMARTS) is 1. The van der Waals surface area contributed by atoms with Gasteiger partial charge in [0.05, 0.1) is 25.6 Å². The second-order valence-electron chi connectivity index (χ2n) is 3.59. The number of hydrogen-bond donors (Lipinski definition) is 2. The first-order chi connectivity index (χ1) is 8.53. The van der Waals surface area contributed by atoms with Crippen LogP contribution in [0.25, 0.3) is 0 Å². The Bertz CT molecular complexity index is 250. The molecular weight excluding hydrogens is 244 g/mol. The van der Waals surface area contributed by atoms with E-state index in [-0.39, 0.29) is 32.2 Å². The quantitative estimate of drug-likeness (QED) is 0.428. The van der Waals surface area contributed by atoms with Crippen molar-refractivity contribution in [2.45, 2.75) is 38.6 Å². The maximum Gasteiger partial charge on any atom is 0.306 e. The van der Waals surface area contributed by atoms with Crippen LogP contribution in [0.3, 0.4) is 0 Å². The molecule has 0 aromatic carbocycles. The molecule has 2 unspecified atom stereocenters. The van der Waals surface area contributed by atoms with Crippen LogP contribution >= 0.6 is 0 Å². The zero-order valence-electron chi connectivity index (χ0n) is 10.6. The SMILES string of the molecule is CCC(CO)OC(COC(=O)CCC(=O)O)OC. The Morgan fingerprint density at radius 3 is 2.39 bits per heavy atom. The summed E-state index contributed by atoms with van der Waals surface area (Å²) >= 11 is 0. The van der Waals surface area contributed by atoms with E-state index in [0.717, 1.165) is 0 Å². The van der Waals surface area contributed by atoms with Gasteiger partial charge in [-0.3, -0.25) is 9.59 Å². The van der Waals surface area contributed by atoms with Crippen LogP contribution in [0.4, 0.5) is 0 Å². The normalized spacial score (nSPS) is 13.9. The number of rotatable bonds is 10. The first-order valence-corrected chi connectivity index (χ1v) is 5.70. The molecule has 0 radical (unpaired) electrons. The van der Waals surface area contributed by atoms with Crippen molar-refractivity contribution in [2.24, 2.45) is 0 Å². The third kappa shape index (κ3) is 7.99. The van der Waals surface area contributed by atoms with E-state index in [1.165, 1.54) is 7.11 Å². The number of carbonyl (C=O) groups excluding carboxylic acids is 1. The summed E-state index contributed by atoms with van der Waals surface area (Å²) in [6.07, 6.45) is -1.01. The predicted octanol–water partition coefficient (Wildman–Crippen LogP) is 0.154. The highest BCUT2D eigenvalue weighted by molar-refractivity contribution is 5.76. The fraction of sp³-hybridized carbons (Fsp3) is 0.818. The van der Waals surface area contributed by atoms with E-state index >= 15 is 0 Å². The molecule has 7 nitrogen and oxygen atoms in total. The van der Waals surface area contributed by atoms with Gasteiger partial charge in [-0.05, 0) is 6.42 Å². The van der Waals surface area contributed by atoms with Gasteiger partial charge in [0.15, 0.2) is 6.29 Å². The summed E-state index contributed by atoms with van der Waals surface area (Å²) in [6.45, 7) is 1.56. The number of methoxy groups -OCH3 is 1. The van der Waals surface area contributed by atoms with E-state index in [2.05, 4.69) is 0 Å². The maximum atomic E-state index is 11.1. The molecule has 0 bridgehead atoms. The minimum Gasteiger partial charge on any atom is -0.481 e. The third-order valence-corrected chi connectivity index (χ3v) is 2.19. The summed E-state index contributed by atoms with van der Waals surface area (Å²) in [5.41, 5.74) is 0. The van der Waals surface area contributed by atoms with Gasteiger partial charge >= 0.3 is 11.9 Å². The average Bonchev–Trinajstić information content (AvgIpc) is 2.36. The molecule has 7 heteroatoms. The fourth-order valence-corrected chi connectivity index (χ4v) is 1.09. The molecule has 0 rings (SSSR count). The molecule has 2 N–H and O–H groups in total. The molecule has 0 aliphatic heterocycles. The highest BCUT2D eigenvalue weighted by Crippen LogP contribution is 2.05. The van der Waals surface area contributed by atoms with E-state index < -0.39 is 18.2 Å². The Labute approximate surface area is 106 Å². The van der Waals surface area contributed by atoms with E-state index in [4.69, 9.17) is 24.4 Å². The van der Waals surface area contributed by atoms with Crippen molar-refractivity contribution < 1.29 is 34.0 Å². The van der Waals surface area contributed by atoms with Crippen molar-refractivity contribution in [3.63, 3.8) is 0 Å². The summed E-state index contributed by atoms with van der Waals surface area (Å²) in [7, 11) is 1.39. The molecule has 18 heavy (non-hydrogen) atoms. The van der Waals surface area contributed by atoms with Gasteiger partial charge in [0.1, 0.15) is 6.61 Å².